The highest BCUT2D eigenvalue weighted by Crippen LogP contribution is 2.44. The van der Waals surface area contributed by atoms with E-state index in [-0.39, 0.29) is 23.7 Å². The molecule has 0 saturated heterocycles. The summed E-state index contributed by atoms with van der Waals surface area (Å²) in [6, 6.07) is 16.9. The molecule has 0 bridgehead atoms. The van der Waals surface area contributed by atoms with Crippen molar-refractivity contribution in [2.75, 3.05) is 5.88 Å². The third kappa shape index (κ3) is 3.64. The first-order valence-corrected chi connectivity index (χ1v) is 10.4. The van der Waals surface area contributed by atoms with Gasteiger partial charge < -0.3 is 0 Å². The number of allylic oxidation sites excluding steroid dienone is 1. The van der Waals surface area contributed by atoms with Crippen LogP contribution >= 0.6 is 11.6 Å². The lowest BCUT2D eigenvalue weighted by molar-refractivity contribution is -0.130. The van der Waals surface area contributed by atoms with Gasteiger partial charge in [-0.3, -0.25) is 4.79 Å². The number of benzene rings is 2. The van der Waals surface area contributed by atoms with E-state index in [0.29, 0.717) is 0 Å². The van der Waals surface area contributed by atoms with E-state index in [1.54, 1.807) is 5.01 Å². The Balaban J connectivity index is 1.73. The molecule has 144 valence electrons. The molecule has 28 heavy (non-hydrogen) atoms. The Morgan fingerprint density at radius 3 is 2.39 bits per heavy atom. The van der Waals surface area contributed by atoms with Crippen molar-refractivity contribution >= 4 is 29.3 Å². The number of alkyl halides is 1. The molecular formula is C24H25ClN2O. The van der Waals surface area contributed by atoms with Crippen molar-refractivity contribution in [2.45, 2.75) is 39.2 Å². The largest absolute Gasteiger partial charge is 0.272 e. The molecule has 2 aromatic carbocycles. The summed E-state index contributed by atoms with van der Waals surface area (Å²) in [5.74, 6) is 0.0345. The maximum Gasteiger partial charge on any atom is 0.258 e. The zero-order chi connectivity index (χ0) is 19.7. The summed E-state index contributed by atoms with van der Waals surface area (Å²) in [5, 5.41) is 6.43. The molecular weight excluding hydrogens is 368 g/mol. The van der Waals surface area contributed by atoms with Crippen LogP contribution in [0.5, 0.6) is 0 Å². The van der Waals surface area contributed by atoms with Gasteiger partial charge in [-0.15, -0.1) is 11.6 Å². The highest BCUT2D eigenvalue weighted by atomic mass is 35.5. The van der Waals surface area contributed by atoms with Gasteiger partial charge in [-0.1, -0.05) is 59.7 Å². The second kappa shape index (κ2) is 7.92. The van der Waals surface area contributed by atoms with Crippen LogP contribution in [0.4, 0.5) is 0 Å². The third-order valence-electron chi connectivity index (χ3n) is 5.71. The van der Waals surface area contributed by atoms with Crippen molar-refractivity contribution in [3.63, 3.8) is 0 Å². The number of hydrogen-bond acceptors (Lipinski definition) is 2. The Hall–Kier alpha value is -2.39. The van der Waals surface area contributed by atoms with Gasteiger partial charge in [0.25, 0.3) is 5.91 Å². The molecule has 1 amide bonds. The Labute approximate surface area is 171 Å². The van der Waals surface area contributed by atoms with Crippen molar-refractivity contribution in [1.82, 2.24) is 5.01 Å². The fourth-order valence-corrected chi connectivity index (χ4v) is 4.35. The second-order valence-corrected chi connectivity index (χ2v) is 8.06. The lowest BCUT2D eigenvalue weighted by atomic mass is 9.77. The standard InChI is InChI=1S/C24H25ClN2O/c1-16-6-10-18(11-7-16)14-20-4-3-5-21-23(20)26-27(22(28)15-25)24(21)19-12-8-17(2)9-13-19/h6-14,21,24H,3-5,15H2,1-2H3/b20-14+/t21-,24+/m1/s1. The molecule has 0 radical (unpaired) electrons. The third-order valence-corrected chi connectivity index (χ3v) is 5.94. The number of carbonyl (C=O) groups excluding carboxylic acids is 1. The number of nitrogens with zero attached hydrogens (tertiary/aromatic N) is 2. The van der Waals surface area contributed by atoms with Crippen molar-refractivity contribution in [3.05, 3.63) is 76.4 Å². The van der Waals surface area contributed by atoms with Crippen molar-refractivity contribution < 1.29 is 4.79 Å². The van der Waals surface area contributed by atoms with Crippen LogP contribution in [0, 0.1) is 19.8 Å². The average molecular weight is 393 g/mol. The predicted molar refractivity (Wildman–Crippen MR) is 115 cm³/mol. The van der Waals surface area contributed by atoms with E-state index in [0.717, 1.165) is 30.5 Å². The predicted octanol–water partition coefficient (Wildman–Crippen LogP) is 5.67. The van der Waals surface area contributed by atoms with Gasteiger partial charge in [0.15, 0.2) is 0 Å². The normalized spacial score (nSPS) is 22.9. The molecule has 0 N–H and O–H groups in total. The summed E-state index contributed by atoms with van der Waals surface area (Å²) in [6.07, 6.45) is 5.36. The van der Waals surface area contributed by atoms with Crippen LogP contribution in [0.1, 0.15) is 47.6 Å². The quantitative estimate of drug-likeness (QED) is 0.620. The number of hydrazone groups is 1. The number of rotatable bonds is 3. The summed E-state index contributed by atoms with van der Waals surface area (Å²) < 4.78 is 0. The van der Waals surface area contributed by atoms with Crippen molar-refractivity contribution in [3.8, 4) is 0 Å². The SMILES string of the molecule is Cc1ccc(/C=C2\CCC[C@@H]3C2=NN(C(=O)CCl)[C@H]3c2ccc(C)cc2)cc1. The topological polar surface area (TPSA) is 32.7 Å². The minimum absolute atomic E-state index is 0.0527. The average Bonchev–Trinajstić information content (AvgIpc) is 3.10. The Morgan fingerprint density at radius 2 is 1.75 bits per heavy atom. The molecule has 0 unspecified atom stereocenters. The molecule has 0 spiro atoms. The minimum Gasteiger partial charge on any atom is -0.272 e. The lowest BCUT2D eigenvalue weighted by Gasteiger charge is -2.29. The molecule has 1 saturated carbocycles. The maximum absolute atomic E-state index is 12.6. The van der Waals surface area contributed by atoms with E-state index in [2.05, 4.69) is 68.5 Å². The maximum atomic E-state index is 12.6. The van der Waals surface area contributed by atoms with Crippen LogP contribution in [0.15, 0.2) is 59.2 Å². The molecule has 1 fully saturated rings. The lowest BCUT2D eigenvalue weighted by Crippen LogP contribution is -2.32. The molecule has 4 rings (SSSR count). The number of aryl methyl sites for hydroxylation is 2. The van der Waals surface area contributed by atoms with Crippen LogP contribution < -0.4 is 0 Å². The Morgan fingerprint density at radius 1 is 1.11 bits per heavy atom. The summed E-state index contributed by atoms with van der Waals surface area (Å²) >= 11 is 5.91. The minimum atomic E-state index is -0.135. The molecule has 1 aliphatic heterocycles. The fourth-order valence-electron chi connectivity index (χ4n) is 4.23. The zero-order valence-electron chi connectivity index (χ0n) is 16.4. The first-order valence-electron chi connectivity index (χ1n) is 9.87. The second-order valence-electron chi connectivity index (χ2n) is 7.79. The fraction of sp³-hybridized carbons (Fsp3) is 0.333. The van der Waals surface area contributed by atoms with E-state index in [9.17, 15) is 4.79 Å². The van der Waals surface area contributed by atoms with Crippen LogP contribution in [-0.4, -0.2) is 22.5 Å². The Bertz CT molecular complexity index is 928. The first kappa shape index (κ1) is 18.9. The van der Waals surface area contributed by atoms with Gasteiger partial charge >= 0.3 is 0 Å². The van der Waals surface area contributed by atoms with Gasteiger partial charge in [0, 0.05) is 5.92 Å². The van der Waals surface area contributed by atoms with E-state index < -0.39 is 0 Å². The van der Waals surface area contributed by atoms with Gasteiger partial charge in [-0.2, -0.15) is 5.10 Å². The van der Waals surface area contributed by atoms with Gasteiger partial charge in [0.05, 0.1) is 11.8 Å². The van der Waals surface area contributed by atoms with E-state index in [1.165, 1.54) is 22.3 Å². The van der Waals surface area contributed by atoms with Crippen LogP contribution in [-0.2, 0) is 4.79 Å². The van der Waals surface area contributed by atoms with Crippen molar-refractivity contribution in [2.24, 2.45) is 11.0 Å². The molecule has 2 aromatic rings. The molecule has 1 heterocycles. The molecule has 4 heteroatoms. The monoisotopic (exact) mass is 392 g/mol. The molecule has 2 atom stereocenters. The zero-order valence-corrected chi connectivity index (χ0v) is 17.1. The van der Waals surface area contributed by atoms with E-state index in [4.69, 9.17) is 16.7 Å². The van der Waals surface area contributed by atoms with Gasteiger partial charge in [-0.25, -0.2) is 5.01 Å². The van der Waals surface area contributed by atoms with Gasteiger partial charge in [0.2, 0.25) is 0 Å². The van der Waals surface area contributed by atoms with Crippen LogP contribution in [0.2, 0.25) is 0 Å². The highest BCUT2D eigenvalue weighted by molar-refractivity contribution is 6.27. The summed E-state index contributed by atoms with van der Waals surface area (Å²) in [6.45, 7) is 4.17. The van der Waals surface area contributed by atoms with Crippen LogP contribution in [0.25, 0.3) is 6.08 Å². The summed E-state index contributed by atoms with van der Waals surface area (Å²) in [5.41, 5.74) is 7.06. The number of amides is 1. The highest BCUT2D eigenvalue weighted by Gasteiger charge is 2.43. The summed E-state index contributed by atoms with van der Waals surface area (Å²) in [4.78, 5) is 12.6. The number of fused-ring (bicyclic) bond motifs is 1. The number of halogens is 1. The van der Waals surface area contributed by atoms with Gasteiger partial charge in [0.1, 0.15) is 5.88 Å². The van der Waals surface area contributed by atoms with Crippen LogP contribution in [0.3, 0.4) is 0 Å². The number of carbonyl (C=O) groups is 1. The Kier molecular flexibility index (Phi) is 5.36. The van der Waals surface area contributed by atoms with E-state index >= 15 is 0 Å². The van der Waals surface area contributed by atoms with Crippen molar-refractivity contribution in [1.29, 1.82) is 0 Å². The number of hydrogen-bond donors (Lipinski definition) is 0. The first-order chi connectivity index (χ1) is 13.6. The molecule has 2 aliphatic rings. The molecule has 1 aliphatic carbocycles. The molecule has 3 nitrogen and oxygen atoms in total. The molecule has 0 aromatic heterocycles. The smallest absolute Gasteiger partial charge is 0.258 e. The summed E-state index contributed by atoms with van der Waals surface area (Å²) in [7, 11) is 0. The van der Waals surface area contributed by atoms with E-state index in [1.807, 2.05) is 0 Å². The van der Waals surface area contributed by atoms with Gasteiger partial charge in [-0.05, 0) is 55.9 Å².